The van der Waals surface area contributed by atoms with Crippen LogP contribution >= 0.6 is 0 Å². The van der Waals surface area contributed by atoms with Gasteiger partial charge in [-0.1, -0.05) is 12.1 Å². The van der Waals surface area contributed by atoms with Crippen LogP contribution in [0.3, 0.4) is 0 Å². The zero-order valence-corrected chi connectivity index (χ0v) is 10.5. The van der Waals surface area contributed by atoms with Crippen LogP contribution in [0.1, 0.15) is 20.8 Å². The SMILES string of the molecule is CC(C(N)=O)N1CC(C)(C)Nc2ccccc21. The van der Waals surface area contributed by atoms with Crippen LogP contribution in [0.4, 0.5) is 11.4 Å². The van der Waals surface area contributed by atoms with Crippen molar-refractivity contribution in [2.75, 3.05) is 16.8 Å². The minimum atomic E-state index is -0.294. The van der Waals surface area contributed by atoms with Gasteiger partial charge in [-0.3, -0.25) is 4.79 Å². The Morgan fingerprint density at radius 1 is 1.47 bits per heavy atom. The molecule has 1 atom stereocenters. The normalized spacial score (nSPS) is 19.1. The summed E-state index contributed by atoms with van der Waals surface area (Å²) in [6.07, 6.45) is 0. The van der Waals surface area contributed by atoms with Gasteiger partial charge >= 0.3 is 0 Å². The largest absolute Gasteiger partial charge is 0.377 e. The van der Waals surface area contributed by atoms with Crippen molar-refractivity contribution in [1.29, 1.82) is 0 Å². The highest BCUT2D eigenvalue weighted by molar-refractivity contribution is 5.86. The molecule has 1 aliphatic rings. The van der Waals surface area contributed by atoms with Crippen molar-refractivity contribution in [3.05, 3.63) is 24.3 Å². The van der Waals surface area contributed by atoms with Gasteiger partial charge < -0.3 is 16.0 Å². The maximum absolute atomic E-state index is 11.4. The molecular formula is C13H19N3O. The Balaban J connectivity index is 2.43. The molecule has 0 fully saturated rings. The van der Waals surface area contributed by atoms with E-state index in [9.17, 15) is 4.79 Å². The predicted molar refractivity (Wildman–Crippen MR) is 70.1 cm³/mol. The number of rotatable bonds is 2. The van der Waals surface area contributed by atoms with Crippen molar-refractivity contribution < 1.29 is 4.79 Å². The second kappa shape index (κ2) is 3.95. The number of carbonyl (C=O) groups is 1. The molecule has 1 amide bonds. The number of hydrogen-bond donors (Lipinski definition) is 2. The summed E-state index contributed by atoms with van der Waals surface area (Å²) < 4.78 is 0. The highest BCUT2D eigenvalue weighted by atomic mass is 16.1. The highest BCUT2D eigenvalue weighted by Crippen LogP contribution is 2.35. The summed E-state index contributed by atoms with van der Waals surface area (Å²) in [6, 6.07) is 7.70. The quantitative estimate of drug-likeness (QED) is 0.815. The van der Waals surface area contributed by atoms with Gasteiger partial charge in [0.05, 0.1) is 11.4 Å². The van der Waals surface area contributed by atoms with Crippen LogP contribution in [0.2, 0.25) is 0 Å². The van der Waals surface area contributed by atoms with Crippen molar-refractivity contribution in [2.24, 2.45) is 5.73 Å². The lowest BCUT2D eigenvalue weighted by atomic mass is 9.98. The molecule has 0 saturated carbocycles. The zero-order chi connectivity index (χ0) is 12.6. The summed E-state index contributed by atoms with van der Waals surface area (Å²) in [6.45, 7) is 6.84. The number of anilines is 2. The van der Waals surface area contributed by atoms with Gasteiger partial charge in [-0.05, 0) is 32.9 Å². The van der Waals surface area contributed by atoms with Crippen LogP contribution in [0.5, 0.6) is 0 Å². The Bertz CT molecular complexity index is 442. The molecule has 0 aromatic heterocycles. The van der Waals surface area contributed by atoms with Gasteiger partial charge in [-0.25, -0.2) is 0 Å². The van der Waals surface area contributed by atoms with E-state index in [1.165, 1.54) is 0 Å². The number of benzene rings is 1. The minimum Gasteiger partial charge on any atom is -0.377 e. The van der Waals surface area contributed by atoms with E-state index >= 15 is 0 Å². The number of fused-ring (bicyclic) bond motifs is 1. The predicted octanol–water partition coefficient (Wildman–Crippen LogP) is 1.57. The second-order valence-corrected chi connectivity index (χ2v) is 5.23. The van der Waals surface area contributed by atoms with E-state index in [1.54, 1.807) is 0 Å². The summed E-state index contributed by atoms with van der Waals surface area (Å²) in [7, 11) is 0. The molecule has 0 radical (unpaired) electrons. The molecule has 17 heavy (non-hydrogen) atoms. The summed E-state index contributed by atoms with van der Waals surface area (Å²) >= 11 is 0. The summed E-state index contributed by atoms with van der Waals surface area (Å²) in [5.41, 5.74) is 7.43. The molecule has 1 aromatic rings. The Morgan fingerprint density at radius 2 is 2.12 bits per heavy atom. The molecule has 2 rings (SSSR count). The van der Waals surface area contributed by atoms with Crippen LogP contribution < -0.4 is 16.0 Å². The Morgan fingerprint density at radius 3 is 2.76 bits per heavy atom. The lowest BCUT2D eigenvalue weighted by Crippen LogP contribution is -2.54. The average molecular weight is 233 g/mol. The van der Waals surface area contributed by atoms with Gasteiger partial charge in [0.25, 0.3) is 0 Å². The minimum absolute atomic E-state index is 0.0714. The van der Waals surface area contributed by atoms with E-state index in [0.29, 0.717) is 0 Å². The van der Waals surface area contributed by atoms with E-state index in [0.717, 1.165) is 17.9 Å². The van der Waals surface area contributed by atoms with E-state index in [2.05, 4.69) is 24.1 Å². The first kappa shape index (κ1) is 11.8. The number of hydrogen-bond acceptors (Lipinski definition) is 3. The Labute approximate surface area is 102 Å². The van der Waals surface area contributed by atoms with Gasteiger partial charge in [0.15, 0.2) is 0 Å². The number of nitrogens with zero attached hydrogens (tertiary/aromatic N) is 1. The van der Waals surface area contributed by atoms with Crippen molar-refractivity contribution in [3.63, 3.8) is 0 Å². The third-order valence-corrected chi connectivity index (χ3v) is 3.13. The van der Waals surface area contributed by atoms with Crippen molar-refractivity contribution in [2.45, 2.75) is 32.4 Å². The molecule has 3 N–H and O–H groups in total. The number of nitrogens with two attached hydrogens (primary N) is 1. The van der Waals surface area contributed by atoms with Crippen molar-refractivity contribution in [3.8, 4) is 0 Å². The number of amides is 1. The molecule has 0 bridgehead atoms. The van der Waals surface area contributed by atoms with Gasteiger partial charge in [0.1, 0.15) is 6.04 Å². The Kier molecular flexibility index (Phi) is 2.73. The summed E-state index contributed by atoms with van der Waals surface area (Å²) in [4.78, 5) is 13.4. The first-order valence-electron chi connectivity index (χ1n) is 5.84. The smallest absolute Gasteiger partial charge is 0.239 e. The number of primary amides is 1. The molecule has 92 valence electrons. The van der Waals surface area contributed by atoms with Crippen LogP contribution in [-0.2, 0) is 4.79 Å². The summed E-state index contributed by atoms with van der Waals surface area (Å²) in [5, 5.41) is 3.47. The van der Waals surface area contributed by atoms with Crippen LogP contribution in [-0.4, -0.2) is 24.0 Å². The molecule has 1 heterocycles. The third-order valence-electron chi connectivity index (χ3n) is 3.13. The van der Waals surface area contributed by atoms with Crippen LogP contribution in [0.15, 0.2) is 24.3 Å². The van der Waals surface area contributed by atoms with E-state index in [1.807, 2.05) is 31.2 Å². The zero-order valence-electron chi connectivity index (χ0n) is 10.5. The van der Waals surface area contributed by atoms with Crippen LogP contribution in [0.25, 0.3) is 0 Å². The fourth-order valence-corrected chi connectivity index (χ4v) is 2.24. The van der Waals surface area contributed by atoms with Crippen molar-refractivity contribution >= 4 is 17.3 Å². The Hall–Kier alpha value is -1.71. The maximum Gasteiger partial charge on any atom is 0.239 e. The van der Waals surface area contributed by atoms with Crippen LogP contribution in [0, 0.1) is 0 Å². The standard InChI is InChI=1S/C13H19N3O/c1-9(12(14)17)16-8-13(2,3)15-10-6-4-5-7-11(10)16/h4-7,9,15H,8H2,1-3H3,(H2,14,17). The monoisotopic (exact) mass is 233 g/mol. The lowest BCUT2D eigenvalue weighted by Gasteiger charge is -2.44. The number of nitrogens with one attached hydrogen (secondary N) is 1. The molecular weight excluding hydrogens is 214 g/mol. The fourth-order valence-electron chi connectivity index (χ4n) is 2.24. The summed E-state index contributed by atoms with van der Waals surface area (Å²) in [5.74, 6) is -0.294. The lowest BCUT2D eigenvalue weighted by molar-refractivity contribution is -0.119. The van der Waals surface area contributed by atoms with Gasteiger partial charge in [0.2, 0.25) is 5.91 Å². The first-order valence-corrected chi connectivity index (χ1v) is 5.84. The van der Waals surface area contributed by atoms with Gasteiger partial charge in [0, 0.05) is 12.1 Å². The van der Waals surface area contributed by atoms with Crippen molar-refractivity contribution in [1.82, 2.24) is 0 Å². The van der Waals surface area contributed by atoms with Gasteiger partial charge in [-0.2, -0.15) is 0 Å². The molecule has 1 aliphatic heterocycles. The third kappa shape index (κ3) is 2.20. The fraction of sp³-hybridized carbons (Fsp3) is 0.462. The average Bonchev–Trinajstić information content (AvgIpc) is 2.25. The number of para-hydroxylation sites is 2. The first-order chi connectivity index (χ1) is 7.91. The molecule has 0 spiro atoms. The van der Waals surface area contributed by atoms with E-state index in [-0.39, 0.29) is 17.5 Å². The molecule has 0 aliphatic carbocycles. The maximum atomic E-state index is 11.4. The molecule has 1 aromatic carbocycles. The molecule has 4 heteroatoms. The van der Waals surface area contributed by atoms with E-state index in [4.69, 9.17) is 5.73 Å². The molecule has 4 nitrogen and oxygen atoms in total. The van der Waals surface area contributed by atoms with E-state index < -0.39 is 0 Å². The van der Waals surface area contributed by atoms with Gasteiger partial charge in [-0.15, -0.1) is 0 Å². The second-order valence-electron chi connectivity index (χ2n) is 5.23. The molecule has 1 unspecified atom stereocenters. The molecule has 0 saturated heterocycles. The topological polar surface area (TPSA) is 58.4 Å². The number of carbonyl (C=O) groups excluding carboxylic acids is 1. The highest BCUT2D eigenvalue weighted by Gasteiger charge is 2.33.